The SMILES string of the molecule is COc1cccc2c(CS)cc(C(C)C)nc12. The summed E-state index contributed by atoms with van der Waals surface area (Å²) in [6.45, 7) is 4.29. The van der Waals surface area contributed by atoms with Gasteiger partial charge in [0.05, 0.1) is 7.11 Å². The average Bonchev–Trinajstić information content (AvgIpc) is 2.36. The topological polar surface area (TPSA) is 22.1 Å². The number of methoxy groups -OCH3 is 1. The van der Waals surface area contributed by atoms with Crippen molar-refractivity contribution < 1.29 is 4.74 Å². The van der Waals surface area contributed by atoms with Crippen molar-refractivity contribution >= 4 is 23.5 Å². The summed E-state index contributed by atoms with van der Waals surface area (Å²) in [7, 11) is 1.68. The molecule has 0 radical (unpaired) electrons. The van der Waals surface area contributed by atoms with E-state index in [0.717, 1.165) is 22.3 Å². The van der Waals surface area contributed by atoms with Crippen LogP contribution in [0.2, 0.25) is 0 Å². The Bertz CT molecular complexity index is 537. The number of ether oxygens (including phenoxy) is 1. The van der Waals surface area contributed by atoms with E-state index in [1.165, 1.54) is 5.56 Å². The van der Waals surface area contributed by atoms with Crippen LogP contribution in [0.4, 0.5) is 0 Å². The summed E-state index contributed by atoms with van der Waals surface area (Å²) in [5.74, 6) is 1.95. The number of fused-ring (bicyclic) bond motifs is 1. The zero-order chi connectivity index (χ0) is 12.4. The minimum atomic E-state index is 0.406. The molecule has 1 heterocycles. The fraction of sp³-hybridized carbons (Fsp3) is 0.357. The second-order valence-electron chi connectivity index (χ2n) is 4.38. The molecule has 0 fully saturated rings. The van der Waals surface area contributed by atoms with Crippen molar-refractivity contribution in [1.82, 2.24) is 4.98 Å². The van der Waals surface area contributed by atoms with Gasteiger partial charge in [-0.3, -0.25) is 0 Å². The van der Waals surface area contributed by atoms with Crippen molar-refractivity contribution in [2.75, 3.05) is 7.11 Å². The van der Waals surface area contributed by atoms with Gasteiger partial charge in [0.1, 0.15) is 11.3 Å². The van der Waals surface area contributed by atoms with Crippen LogP contribution in [0, 0.1) is 0 Å². The second-order valence-corrected chi connectivity index (χ2v) is 4.69. The van der Waals surface area contributed by atoms with Crippen LogP contribution in [-0.4, -0.2) is 12.1 Å². The number of rotatable bonds is 3. The van der Waals surface area contributed by atoms with E-state index in [1.807, 2.05) is 12.1 Å². The Balaban J connectivity index is 2.78. The Labute approximate surface area is 107 Å². The molecular weight excluding hydrogens is 230 g/mol. The van der Waals surface area contributed by atoms with Crippen molar-refractivity contribution in [3.8, 4) is 5.75 Å². The van der Waals surface area contributed by atoms with Gasteiger partial charge in [-0.1, -0.05) is 26.0 Å². The van der Waals surface area contributed by atoms with Gasteiger partial charge >= 0.3 is 0 Å². The Morgan fingerprint density at radius 2 is 2.12 bits per heavy atom. The lowest BCUT2D eigenvalue weighted by molar-refractivity contribution is 0.418. The molecule has 2 nitrogen and oxygen atoms in total. The van der Waals surface area contributed by atoms with Crippen LogP contribution in [0.3, 0.4) is 0 Å². The molecule has 3 heteroatoms. The highest BCUT2D eigenvalue weighted by Crippen LogP contribution is 2.29. The van der Waals surface area contributed by atoms with E-state index in [9.17, 15) is 0 Å². The van der Waals surface area contributed by atoms with Crippen molar-refractivity contribution in [3.63, 3.8) is 0 Å². The first-order valence-electron chi connectivity index (χ1n) is 5.74. The number of benzene rings is 1. The quantitative estimate of drug-likeness (QED) is 0.833. The van der Waals surface area contributed by atoms with Crippen LogP contribution in [0.1, 0.15) is 31.0 Å². The number of pyridine rings is 1. The summed E-state index contributed by atoms with van der Waals surface area (Å²) in [6, 6.07) is 8.15. The van der Waals surface area contributed by atoms with E-state index >= 15 is 0 Å². The number of aromatic nitrogens is 1. The number of hydrogen-bond acceptors (Lipinski definition) is 3. The minimum absolute atomic E-state index is 0.406. The molecule has 2 aromatic rings. The summed E-state index contributed by atoms with van der Waals surface area (Å²) in [5, 5.41) is 1.13. The molecule has 90 valence electrons. The van der Waals surface area contributed by atoms with Gasteiger partial charge in [-0.05, 0) is 23.6 Å². The summed E-state index contributed by atoms with van der Waals surface area (Å²) in [5.41, 5.74) is 3.23. The summed E-state index contributed by atoms with van der Waals surface area (Å²) in [6.07, 6.45) is 0. The lowest BCUT2D eigenvalue weighted by atomic mass is 10.0. The Morgan fingerprint density at radius 1 is 1.35 bits per heavy atom. The van der Waals surface area contributed by atoms with Gasteiger partial charge in [-0.25, -0.2) is 4.98 Å². The van der Waals surface area contributed by atoms with Gasteiger partial charge < -0.3 is 4.74 Å². The number of thiol groups is 1. The first kappa shape index (κ1) is 12.2. The molecule has 0 aliphatic rings. The van der Waals surface area contributed by atoms with Crippen molar-refractivity contribution in [1.29, 1.82) is 0 Å². The van der Waals surface area contributed by atoms with Crippen molar-refractivity contribution in [2.45, 2.75) is 25.5 Å². The highest BCUT2D eigenvalue weighted by Gasteiger charge is 2.10. The third-order valence-corrected chi connectivity index (χ3v) is 3.23. The maximum atomic E-state index is 5.37. The second kappa shape index (κ2) is 4.96. The van der Waals surface area contributed by atoms with Crippen molar-refractivity contribution in [3.05, 3.63) is 35.5 Å². The van der Waals surface area contributed by atoms with Crippen LogP contribution >= 0.6 is 12.6 Å². The van der Waals surface area contributed by atoms with Crippen LogP contribution in [0.25, 0.3) is 10.9 Å². The van der Waals surface area contributed by atoms with Gasteiger partial charge in [0.25, 0.3) is 0 Å². The molecule has 0 aliphatic carbocycles. The standard InChI is InChI=1S/C14H17NOS/c1-9(2)12-7-10(8-17)11-5-4-6-13(16-3)14(11)15-12/h4-7,9,17H,8H2,1-3H3. The molecule has 0 amide bonds. The summed E-state index contributed by atoms with van der Waals surface area (Å²) >= 11 is 4.40. The number of hydrogen-bond donors (Lipinski definition) is 1. The Hall–Kier alpha value is -1.22. The van der Waals surface area contributed by atoms with Gasteiger partial charge in [-0.15, -0.1) is 0 Å². The molecule has 0 saturated heterocycles. The van der Waals surface area contributed by atoms with Crippen molar-refractivity contribution in [2.24, 2.45) is 0 Å². The average molecular weight is 247 g/mol. The van der Waals surface area contributed by atoms with Crippen LogP contribution < -0.4 is 4.74 Å². The van der Waals surface area contributed by atoms with Gasteiger partial charge in [0.15, 0.2) is 0 Å². The predicted molar refractivity (Wildman–Crippen MR) is 75.1 cm³/mol. The molecular formula is C14H17NOS. The maximum absolute atomic E-state index is 5.37. The van der Waals surface area contributed by atoms with Gasteiger partial charge in [0.2, 0.25) is 0 Å². The largest absolute Gasteiger partial charge is 0.494 e. The van der Waals surface area contributed by atoms with Gasteiger partial charge in [0, 0.05) is 16.8 Å². The fourth-order valence-electron chi connectivity index (χ4n) is 1.91. The molecule has 0 spiro atoms. The lowest BCUT2D eigenvalue weighted by Gasteiger charge is -2.12. The number of nitrogens with zero attached hydrogens (tertiary/aromatic N) is 1. The molecule has 1 aromatic carbocycles. The van der Waals surface area contributed by atoms with Crippen LogP contribution in [0.15, 0.2) is 24.3 Å². The molecule has 0 aliphatic heterocycles. The first-order chi connectivity index (χ1) is 8.17. The molecule has 0 N–H and O–H groups in total. The highest BCUT2D eigenvalue weighted by atomic mass is 32.1. The Morgan fingerprint density at radius 3 is 2.71 bits per heavy atom. The maximum Gasteiger partial charge on any atom is 0.145 e. The summed E-state index contributed by atoms with van der Waals surface area (Å²) < 4.78 is 5.37. The third kappa shape index (κ3) is 2.25. The van der Waals surface area contributed by atoms with E-state index in [-0.39, 0.29) is 0 Å². The predicted octanol–water partition coefficient (Wildman–Crippen LogP) is 3.80. The van der Waals surface area contributed by atoms with E-state index in [0.29, 0.717) is 11.7 Å². The lowest BCUT2D eigenvalue weighted by Crippen LogP contribution is -1.98. The smallest absolute Gasteiger partial charge is 0.145 e. The highest BCUT2D eigenvalue weighted by molar-refractivity contribution is 7.79. The molecule has 1 aromatic heterocycles. The van der Waals surface area contributed by atoms with E-state index in [4.69, 9.17) is 9.72 Å². The van der Waals surface area contributed by atoms with E-state index < -0.39 is 0 Å². The monoisotopic (exact) mass is 247 g/mol. The van der Waals surface area contributed by atoms with Gasteiger partial charge in [-0.2, -0.15) is 12.6 Å². The molecule has 0 bridgehead atoms. The Kier molecular flexibility index (Phi) is 3.57. The van der Waals surface area contributed by atoms with E-state index in [1.54, 1.807) is 7.11 Å². The molecule has 2 rings (SSSR count). The van der Waals surface area contributed by atoms with Crippen LogP contribution in [0.5, 0.6) is 5.75 Å². The zero-order valence-corrected chi connectivity index (χ0v) is 11.3. The summed E-state index contributed by atoms with van der Waals surface area (Å²) in [4.78, 5) is 4.70. The minimum Gasteiger partial charge on any atom is -0.494 e. The van der Waals surface area contributed by atoms with E-state index in [2.05, 4.69) is 38.6 Å². The molecule has 0 unspecified atom stereocenters. The molecule has 17 heavy (non-hydrogen) atoms. The number of para-hydroxylation sites is 1. The van der Waals surface area contributed by atoms with Crippen LogP contribution in [-0.2, 0) is 5.75 Å². The molecule has 0 saturated carbocycles. The third-order valence-electron chi connectivity index (χ3n) is 2.89. The first-order valence-corrected chi connectivity index (χ1v) is 6.38. The molecule has 0 atom stereocenters. The normalized spacial score (nSPS) is 11.1. The zero-order valence-electron chi connectivity index (χ0n) is 10.4. The fourth-order valence-corrected chi connectivity index (χ4v) is 2.17.